The van der Waals surface area contributed by atoms with Crippen LogP contribution in [0.3, 0.4) is 0 Å². The van der Waals surface area contributed by atoms with Gasteiger partial charge in [0.15, 0.2) is 6.61 Å². The Kier molecular flexibility index (Phi) is 12.2. The van der Waals surface area contributed by atoms with E-state index in [9.17, 15) is 15.0 Å². The summed E-state index contributed by atoms with van der Waals surface area (Å²) in [7, 11) is 0. The maximum Gasteiger partial charge on any atom is 0.344 e. The molecule has 32 heavy (non-hydrogen) atoms. The predicted molar refractivity (Wildman–Crippen MR) is 133 cm³/mol. The zero-order chi connectivity index (χ0) is 24.3. The Morgan fingerprint density at radius 3 is 2.25 bits per heavy atom. The van der Waals surface area contributed by atoms with Gasteiger partial charge in [-0.15, -0.1) is 0 Å². The molecule has 2 aromatic carbocycles. The average molecular weight is 463 g/mol. The van der Waals surface area contributed by atoms with Crippen LogP contribution < -0.4 is 4.74 Å². The highest BCUT2D eigenvalue weighted by Crippen LogP contribution is 2.38. The molecule has 0 aliphatic heterocycles. The number of esters is 1. The SMILES string of the molecule is CCOC(=O)COc1cc(C)c(C(CCCO)c2ccc(O)c(C(C)C)c2)c(C)c1.CS. The van der Waals surface area contributed by atoms with E-state index < -0.39 is 0 Å². The first-order valence-corrected chi connectivity index (χ1v) is 12.0. The first-order valence-electron chi connectivity index (χ1n) is 11.1. The quantitative estimate of drug-likeness (QED) is 0.320. The molecule has 178 valence electrons. The molecule has 2 rings (SSSR count). The second-order valence-electron chi connectivity index (χ2n) is 7.96. The van der Waals surface area contributed by atoms with Crippen LogP contribution in [0.2, 0.25) is 0 Å². The van der Waals surface area contributed by atoms with E-state index in [0.29, 0.717) is 24.5 Å². The van der Waals surface area contributed by atoms with Crippen molar-refractivity contribution in [2.75, 3.05) is 26.1 Å². The van der Waals surface area contributed by atoms with E-state index >= 15 is 0 Å². The second kappa shape index (κ2) is 14.1. The molecule has 6 heteroatoms. The van der Waals surface area contributed by atoms with Crippen molar-refractivity contribution in [2.24, 2.45) is 0 Å². The fraction of sp³-hybridized carbons (Fsp3) is 0.500. The van der Waals surface area contributed by atoms with Crippen molar-refractivity contribution in [1.29, 1.82) is 0 Å². The van der Waals surface area contributed by atoms with Gasteiger partial charge >= 0.3 is 5.97 Å². The van der Waals surface area contributed by atoms with E-state index in [1.807, 2.05) is 32.0 Å². The third kappa shape index (κ3) is 7.75. The van der Waals surface area contributed by atoms with Crippen LogP contribution in [0.25, 0.3) is 0 Å². The summed E-state index contributed by atoms with van der Waals surface area (Å²) in [6, 6.07) is 9.69. The molecule has 2 N–H and O–H groups in total. The summed E-state index contributed by atoms with van der Waals surface area (Å²) < 4.78 is 10.5. The summed E-state index contributed by atoms with van der Waals surface area (Å²) in [5, 5.41) is 19.7. The van der Waals surface area contributed by atoms with Gasteiger partial charge in [0.25, 0.3) is 0 Å². The van der Waals surface area contributed by atoms with E-state index in [4.69, 9.17) is 9.47 Å². The molecule has 1 unspecified atom stereocenters. The van der Waals surface area contributed by atoms with E-state index in [-0.39, 0.29) is 31.0 Å². The Morgan fingerprint density at radius 2 is 1.72 bits per heavy atom. The van der Waals surface area contributed by atoms with Gasteiger partial charge in [0.05, 0.1) is 6.61 Å². The number of aliphatic hydroxyl groups excluding tert-OH is 1. The minimum absolute atomic E-state index is 0.0920. The second-order valence-corrected chi connectivity index (χ2v) is 7.96. The number of phenolic OH excluding ortho intramolecular Hbond substituents is 1. The van der Waals surface area contributed by atoms with E-state index in [0.717, 1.165) is 28.7 Å². The van der Waals surface area contributed by atoms with Crippen molar-refractivity contribution in [3.63, 3.8) is 0 Å². The van der Waals surface area contributed by atoms with Crippen LogP contribution in [-0.4, -0.2) is 42.3 Å². The van der Waals surface area contributed by atoms with Crippen molar-refractivity contribution in [3.8, 4) is 11.5 Å². The number of hydrogen-bond acceptors (Lipinski definition) is 6. The summed E-state index contributed by atoms with van der Waals surface area (Å²) >= 11 is 3.53. The van der Waals surface area contributed by atoms with Gasteiger partial charge in [-0.2, -0.15) is 12.6 Å². The number of hydrogen-bond donors (Lipinski definition) is 3. The van der Waals surface area contributed by atoms with Crippen molar-refractivity contribution >= 4 is 18.6 Å². The van der Waals surface area contributed by atoms with Crippen LogP contribution in [0.1, 0.15) is 73.3 Å². The lowest BCUT2D eigenvalue weighted by atomic mass is 9.81. The minimum Gasteiger partial charge on any atom is -0.508 e. The average Bonchev–Trinajstić information content (AvgIpc) is 2.76. The molecule has 0 aromatic heterocycles. The first kappa shape index (κ1) is 27.9. The molecule has 0 aliphatic carbocycles. The molecule has 0 bridgehead atoms. The molecule has 1 atom stereocenters. The van der Waals surface area contributed by atoms with E-state index in [1.54, 1.807) is 19.2 Å². The molecule has 0 amide bonds. The zero-order valence-corrected chi connectivity index (χ0v) is 21.0. The fourth-order valence-electron chi connectivity index (χ4n) is 3.94. The number of ether oxygens (including phenoxy) is 2. The van der Waals surface area contributed by atoms with Crippen LogP contribution in [0, 0.1) is 13.8 Å². The van der Waals surface area contributed by atoms with Crippen LogP contribution in [0.5, 0.6) is 11.5 Å². The fourth-order valence-corrected chi connectivity index (χ4v) is 3.94. The topological polar surface area (TPSA) is 76.0 Å². The lowest BCUT2D eigenvalue weighted by Gasteiger charge is -2.24. The maximum atomic E-state index is 11.6. The monoisotopic (exact) mass is 462 g/mol. The summed E-state index contributed by atoms with van der Waals surface area (Å²) in [4.78, 5) is 11.6. The number of aromatic hydroxyl groups is 1. The Morgan fingerprint density at radius 1 is 1.09 bits per heavy atom. The summed E-state index contributed by atoms with van der Waals surface area (Å²) in [5.74, 6) is 0.865. The molecule has 0 heterocycles. The lowest BCUT2D eigenvalue weighted by molar-refractivity contribution is -0.145. The number of aryl methyl sites for hydroxylation is 2. The molecule has 0 spiro atoms. The van der Waals surface area contributed by atoms with Crippen LogP contribution in [0.4, 0.5) is 0 Å². The normalized spacial score (nSPS) is 11.5. The van der Waals surface area contributed by atoms with Gasteiger partial charge in [0.2, 0.25) is 0 Å². The number of carbonyl (C=O) groups excluding carboxylic acids is 1. The number of rotatable bonds is 10. The Bertz CT molecular complexity index is 840. The van der Waals surface area contributed by atoms with Gasteiger partial charge in [-0.3, -0.25) is 0 Å². The van der Waals surface area contributed by atoms with Gasteiger partial charge < -0.3 is 19.7 Å². The van der Waals surface area contributed by atoms with E-state index in [2.05, 4.69) is 32.5 Å². The largest absolute Gasteiger partial charge is 0.508 e. The molecular formula is C26H38O5S. The third-order valence-corrected chi connectivity index (χ3v) is 5.30. The van der Waals surface area contributed by atoms with Gasteiger partial charge in [0, 0.05) is 12.5 Å². The van der Waals surface area contributed by atoms with Crippen molar-refractivity contribution in [3.05, 3.63) is 58.1 Å². The molecule has 0 fully saturated rings. The molecular weight excluding hydrogens is 424 g/mol. The molecule has 0 aliphatic rings. The summed E-state index contributed by atoms with van der Waals surface area (Å²) in [6.45, 7) is 10.3. The van der Waals surface area contributed by atoms with Gasteiger partial charge in [-0.1, -0.05) is 26.0 Å². The Hall–Kier alpha value is -2.18. The highest BCUT2D eigenvalue weighted by atomic mass is 32.1. The standard InChI is InChI=1S/C25H34O5.CH4S/c1-6-29-24(28)15-30-20-12-17(4)25(18(5)13-20)21(8-7-11-26)19-9-10-23(27)22(14-19)16(2)3;1-2/h9-10,12-14,16,21,26-27H,6-8,11,15H2,1-5H3;2H,1H3. The highest BCUT2D eigenvalue weighted by molar-refractivity contribution is 7.79. The minimum atomic E-state index is -0.386. The first-order chi connectivity index (χ1) is 15.3. The number of thiol groups is 1. The lowest BCUT2D eigenvalue weighted by Crippen LogP contribution is -2.15. The maximum absolute atomic E-state index is 11.6. The van der Waals surface area contributed by atoms with Gasteiger partial charge in [0.1, 0.15) is 11.5 Å². The zero-order valence-electron chi connectivity index (χ0n) is 20.1. The van der Waals surface area contributed by atoms with Crippen LogP contribution in [0.15, 0.2) is 30.3 Å². The van der Waals surface area contributed by atoms with Crippen molar-refractivity contribution in [1.82, 2.24) is 0 Å². The van der Waals surface area contributed by atoms with Crippen LogP contribution >= 0.6 is 12.6 Å². The number of benzene rings is 2. The number of aliphatic hydroxyl groups is 1. The van der Waals surface area contributed by atoms with Crippen molar-refractivity contribution < 1.29 is 24.5 Å². The Balaban J connectivity index is 0.00000249. The summed E-state index contributed by atoms with van der Waals surface area (Å²) in [6.07, 6.45) is 3.17. The van der Waals surface area contributed by atoms with Gasteiger partial charge in [-0.25, -0.2) is 4.79 Å². The molecule has 0 radical (unpaired) electrons. The number of phenols is 1. The van der Waals surface area contributed by atoms with Crippen molar-refractivity contribution in [2.45, 2.75) is 59.3 Å². The van der Waals surface area contributed by atoms with Crippen LogP contribution in [-0.2, 0) is 9.53 Å². The summed E-state index contributed by atoms with van der Waals surface area (Å²) in [5.41, 5.74) is 5.36. The third-order valence-electron chi connectivity index (χ3n) is 5.30. The molecule has 0 saturated carbocycles. The molecule has 2 aromatic rings. The smallest absolute Gasteiger partial charge is 0.344 e. The van der Waals surface area contributed by atoms with E-state index in [1.165, 1.54) is 5.56 Å². The van der Waals surface area contributed by atoms with Gasteiger partial charge in [-0.05, 0) is 91.8 Å². The predicted octanol–water partition coefficient (Wildman–Crippen LogP) is 5.52. The molecule has 5 nitrogen and oxygen atoms in total. The highest BCUT2D eigenvalue weighted by Gasteiger charge is 2.21. The molecule has 0 saturated heterocycles. The Labute approximate surface area is 198 Å². The number of carbonyl (C=O) groups is 1.